The number of amides is 1. The van der Waals surface area contributed by atoms with Gasteiger partial charge >= 0.3 is 6.09 Å². The number of benzene rings is 1. The first-order valence-electron chi connectivity index (χ1n) is 4.81. The highest BCUT2D eigenvalue weighted by atomic mass is 16.6. The third-order valence-electron chi connectivity index (χ3n) is 2.45. The van der Waals surface area contributed by atoms with E-state index in [4.69, 9.17) is 9.47 Å². The summed E-state index contributed by atoms with van der Waals surface area (Å²) in [4.78, 5) is 12.9. The van der Waals surface area contributed by atoms with Crippen LogP contribution in [0.5, 0.6) is 5.75 Å². The van der Waals surface area contributed by atoms with Gasteiger partial charge in [-0.1, -0.05) is 0 Å². The van der Waals surface area contributed by atoms with E-state index < -0.39 is 0 Å². The molecule has 1 aromatic carbocycles. The Morgan fingerprint density at radius 1 is 1.47 bits per heavy atom. The van der Waals surface area contributed by atoms with E-state index in [9.17, 15) is 4.79 Å². The quantitative estimate of drug-likeness (QED) is 0.744. The normalized spacial score (nSPS) is 15.3. The predicted octanol–water partition coefficient (Wildman–Crippen LogP) is 1.96. The maximum absolute atomic E-state index is 11.3. The molecule has 1 saturated heterocycles. The summed E-state index contributed by atoms with van der Waals surface area (Å²) in [7, 11) is 1.63. The van der Waals surface area contributed by atoms with E-state index in [1.54, 1.807) is 12.0 Å². The largest absolute Gasteiger partial charge is 0.496 e. The first-order valence-corrected chi connectivity index (χ1v) is 4.81. The van der Waals surface area contributed by atoms with Gasteiger partial charge in [0.2, 0.25) is 0 Å². The second-order valence-corrected chi connectivity index (χ2v) is 3.42. The summed E-state index contributed by atoms with van der Waals surface area (Å²) in [6.07, 6.45) is -0.278. The van der Waals surface area contributed by atoms with E-state index in [-0.39, 0.29) is 6.09 Å². The van der Waals surface area contributed by atoms with E-state index in [0.717, 1.165) is 17.0 Å². The van der Waals surface area contributed by atoms with Gasteiger partial charge in [0.1, 0.15) is 12.4 Å². The third kappa shape index (κ3) is 1.75. The minimum atomic E-state index is -0.278. The zero-order valence-corrected chi connectivity index (χ0v) is 8.82. The van der Waals surface area contributed by atoms with Gasteiger partial charge in [0, 0.05) is 5.69 Å². The molecule has 1 aromatic rings. The Balaban J connectivity index is 2.29. The molecule has 0 aliphatic carbocycles. The van der Waals surface area contributed by atoms with Gasteiger partial charge in [-0.05, 0) is 30.7 Å². The molecule has 80 valence electrons. The number of carbonyl (C=O) groups excluding carboxylic acids is 1. The van der Waals surface area contributed by atoms with Crippen molar-refractivity contribution in [2.24, 2.45) is 0 Å². The molecule has 0 bridgehead atoms. The molecular weight excluding hydrogens is 194 g/mol. The number of anilines is 1. The molecule has 1 fully saturated rings. The Bertz CT molecular complexity index is 389. The van der Waals surface area contributed by atoms with Gasteiger partial charge in [-0.25, -0.2) is 4.79 Å². The SMILES string of the molecule is COc1ccc(N2CCOC2=O)cc1C. The van der Waals surface area contributed by atoms with Crippen molar-refractivity contribution in [2.75, 3.05) is 25.2 Å². The van der Waals surface area contributed by atoms with Crippen LogP contribution in [0.25, 0.3) is 0 Å². The number of nitrogens with zero attached hydrogens (tertiary/aromatic N) is 1. The number of cyclic esters (lactones) is 1. The van der Waals surface area contributed by atoms with Gasteiger partial charge in [0.15, 0.2) is 0 Å². The van der Waals surface area contributed by atoms with E-state index in [1.165, 1.54) is 0 Å². The van der Waals surface area contributed by atoms with Crippen molar-refractivity contribution in [3.8, 4) is 5.75 Å². The van der Waals surface area contributed by atoms with Crippen LogP contribution in [-0.2, 0) is 4.74 Å². The van der Waals surface area contributed by atoms with Crippen molar-refractivity contribution in [2.45, 2.75) is 6.92 Å². The van der Waals surface area contributed by atoms with Gasteiger partial charge < -0.3 is 9.47 Å². The molecule has 15 heavy (non-hydrogen) atoms. The average Bonchev–Trinajstić information content (AvgIpc) is 2.64. The minimum absolute atomic E-state index is 0.278. The molecule has 4 heteroatoms. The van der Waals surface area contributed by atoms with Crippen LogP contribution in [0.3, 0.4) is 0 Å². The average molecular weight is 207 g/mol. The Hall–Kier alpha value is -1.71. The summed E-state index contributed by atoms with van der Waals surface area (Å²) < 4.78 is 10.0. The van der Waals surface area contributed by atoms with Gasteiger partial charge in [0.25, 0.3) is 0 Å². The first-order chi connectivity index (χ1) is 7.22. The highest BCUT2D eigenvalue weighted by Crippen LogP contribution is 2.25. The van der Waals surface area contributed by atoms with Gasteiger partial charge in [-0.15, -0.1) is 0 Å². The zero-order chi connectivity index (χ0) is 10.8. The van der Waals surface area contributed by atoms with Crippen molar-refractivity contribution in [1.82, 2.24) is 0 Å². The van der Waals surface area contributed by atoms with Crippen molar-refractivity contribution in [1.29, 1.82) is 0 Å². The Morgan fingerprint density at radius 2 is 2.27 bits per heavy atom. The number of ether oxygens (including phenoxy) is 2. The molecule has 0 aromatic heterocycles. The Morgan fingerprint density at radius 3 is 2.80 bits per heavy atom. The van der Waals surface area contributed by atoms with Crippen LogP contribution < -0.4 is 9.64 Å². The van der Waals surface area contributed by atoms with Crippen LogP contribution in [0.15, 0.2) is 18.2 Å². The standard InChI is InChI=1S/C11H13NO3/c1-8-7-9(3-4-10(8)14-2)12-5-6-15-11(12)13/h3-4,7H,5-6H2,1-2H3. The second-order valence-electron chi connectivity index (χ2n) is 3.42. The van der Waals surface area contributed by atoms with E-state index >= 15 is 0 Å². The van der Waals surface area contributed by atoms with Crippen LogP contribution >= 0.6 is 0 Å². The number of carbonyl (C=O) groups is 1. The summed E-state index contributed by atoms with van der Waals surface area (Å²) in [6.45, 7) is 3.03. The highest BCUT2D eigenvalue weighted by molar-refractivity contribution is 5.89. The minimum Gasteiger partial charge on any atom is -0.496 e. The molecule has 0 radical (unpaired) electrons. The third-order valence-corrected chi connectivity index (χ3v) is 2.45. The van der Waals surface area contributed by atoms with Crippen LogP contribution in [-0.4, -0.2) is 26.4 Å². The van der Waals surface area contributed by atoms with E-state index in [0.29, 0.717) is 13.2 Å². The molecule has 0 saturated carbocycles. The molecule has 0 N–H and O–H groups in total. The maximum atomic E-state index is 11.3. The summed E-state index contributed by atoms with van der Waals surface area (Å²) in [5.74, 6) is 0.825. The summed E-state index contributed by atoms with van der Waals surface area (Å²) in [6, 6.07) is 5.64. The van der Waals surface area contributed by atoms with Crippen LogP contribution in [0.4, 0.5) is 10.5 Å². The van der Waals surface area contributed by atoms with Crippen molar-refractivity contribution in [3.05, 3.63) is 23.8 Å². The van der Waals surface area contributed by atoms with E-state index in [2.05, 4.69) is 0 Å². The second kappa shape index (κ2) is 3.81. The topological polar surface area (TPSA) is 38.8 Å². The molecule has 1 heterocycles. The molecule has 0 unspecified atom stereocenters. The van der Waals surface area contributed by atoms with Crippen LogP contribution in [0, 0.1) is 6.92 Å². The molecule has 1 aliphatic rings. The molecule has 0 spiro atoms. The van der Waals surface area contributed by atoms with Crippen molar-refractivity contribution >= 4 is 11.8 Å². The Labute approximate surface area is 88.4 Å². The summed E-state index contributed by atoms with van der Waals surface area (Å²) >= 11 is 0. The van der Waals surface area contributed by atoms with Crippen LogP contribution in [0.1, 0.15) is 5.56 Å². The molecule has 1 amide bonds. The van der Waals surface area contributed by atoms with Crippen molar-refractivity contribution < 1.29 is 14.3 Å². The lowest BCUT2D eigenvalue weighted by Crippen LogP contribution is -2.23. The summed E-state index contributed by atoms with van der Waals surface area (Å²) in [5.41, 5.74) is 1.87. The van der Waals surface area contributed by atoms with Gasteiger partial charge in [0.05, 0.1) is 13.7 Å². The van der Waals surface area contributed by atoms with Crippen LogP contribution in [0.2, 0.25) is 0 Å². The Kier molecular flexibility index (Phi) is 2.49. The van der Waals surface area contributed by atoms with Gasteiger partial charge in [-0.2, -0.15) is 0 Å². The monoisotopic (exact) mass is 207 g/mol. The zero-order valence-electron chi connectivity index (χ0n) is 8.82. The number of hydrogen-bond donors (Lipinski definition) is 0. The lowest BCUT2D eigenvalue weighted by molar-refractivity contribution is 0.181. The molecule has 2 rings (SSSR count). The lowest BCUT2D eigenvalue weighted by Gasteiger charge is -2.14. The van der Waals surface area contributed by atoms with Gasteiger partial charge in [-0.3, -0.25) is 4.90 Å². The fourth-order valence-corrected chi connectivity index (χ4v) is 1.66. The first kappa shape index (κ1) is 9.83. The maximum Gasteiger partial charge on any atom is 0.414 e. The number of aryl methyl sites for hydroxylation is 1. The molecule has 1 aliphatic heterocycles. The number of methoxy groups -OCH3 is 1. The predicted molar refractivity (Wildman–Crippen MR) is 56.4 cm³/mol. The fourth-order valence-electron chi connectivity index (χ4n) is 1.66. The molecule has 4 nitrogen and oxygen atoms in total. The van der Waals surface area contributed by atoms with E-state index in [1.807, 2.05) is 25.1 Å². The van der Waals surface area contributed by atoms with Crippen molar-refractivity contribution in [3.63, 3.8) is 0 Å². The fraction of sp³-hybridized carbons (Fsp3) is 0.364. The number of rotatable bonds is 2. The smallest absolute Gasteiger partial charge is 0.414 e. The summed E-state index contributed by atoms with van der Waals surface area (Å²) in [5, 5.41) is 0. The highest BCUT2D eigenvalue weighted by Gasteiger charge is 2.23. The lowest BCUT2D eigenvalue weighted by atomic mass is 10.2. The molecule has 0 atom stereocenters. The molecular formula is C11H13NO3. The number of hydrogen-bond acceptors (Lipinski definition) is 3.